The number of amides is 3. The molecule has 0 radical (unpaired) electrons. The quantitative estimate of drug-likeness (QED) is 0.265. The molecule has 0 unspecified atom stereocenters. The molecular weight excluding hydrogens is 612 g/mol. The summed E-state index contributed by atoms with van der Waals surface area (Å²) < 4.78 is 12.8. The van der Waals surface area contributed by atoms with E-state index in [2.05, 4.69) is 22.5 Å². The third-order valence-corrected chi connectivity index (χ3v) is 9.39. The average Bonchev–Trinajstić information content (AvgIpc) is 3.06. The fourth-order valence-electron chi connectivity index (χ4n) is 6.50. The number of carbonyl (C=O) groups is 3. The number of carboxylic acids is 1. The zero-order valence-electron chi connectivity index (χ0n) is 29.0. The number of rotatable bonds is 9. The maximum absolute atomic E-state index is 14.4. The predicted octanol–water partition coefficient (Wildman–Crippen LogP) is 5.77. The molecule has 11 heteroatoms. The van der Waals surface area contributed by atoms with Gasteiger partial charge < -0.3 is 35.2 Å². The number of benzene rings is 2. The molecule has 0 bridgehead atoms. The lowest BCUT2D eigenvalue weighted by molar-refractivity contribution is -0.0177. The number of carbonyl (C=O) groups excluding carboxylic acids is 2. The van der Waals surface area contributed by atoms with Gasteiger partial charge in [0.2, 0.25) is 0 Å². The first-order valence-electron chi connectivity index (χ1n) is 17.5. The van der Waals surface area contributed by atoms with E-state index in [1.54, 1.807) is 35.2 Å². The highest BCUT2D eigenvalue weighted by Crippen LogP contribution is 2.29. The van der Waals surface area contributed by atoms with Crippen molar-refractivity contribution >= 4 is 23.6 Å². The summed E-state index contributed by atoms with van der Waals surface area (Å²) in [5.74, 6) is -0.880. The van der Waals surface area contributed by atoms with Crippen LogP contribution in [0.3, 0.4) is 0 Å². The van der Waals surface area contributed by atoms with Gasteiger partial charge in [-0.1, -0.05) is 38.3 Å². The van der Waals surface area contributed by atoms with Gasteiger partial charge in [0.15, 0.2) is 0 Å². The van der Waals surface area contributed by atoms with Crippen LogP contribution in [0, 0.1) is 5.92 Å². The number of aliphatic hydroxyl groups excluding tert-OH is 1. The Morgan fingerprint density at radius 2 is 1.73 bits per heavy atom. The third-order valence-electron chi connectivity index (χ3n) is 9.39. The highest BCUT2D eigenvalue weighted by Gasteiger charge is 2.30. The van der Waals surface area contributed by atoms with Gasteiger partial charge >= 0.3 is 12.0 Å². The van der Waals surface area contributed by atoms with Gasteiger partial charge in [0.25, 0.3) is 5.91 Å². The van der Waals surface area contributed by atoms with Crippen molar-refractivity contribution in [3.63, 3.8) is 0 Å². The van der Waals surface area contributed by atoms with Crippen molar-refractivity contribution in [3.05, 3.63) is 59.2 Å². The Morgan fingerprint density at radius 1 is 1.02 bits per heavy atom. The summed E-state index contributed by atoms with van der Waals surface area (Å²) in [5.41, 5.74) is 2.07. The van der Waals surface area contributed by atoms with E-state index < -0.39 is 12.0 Å². The van der Waals surface area contributed by atoms with E-state index in [1.165, 1.54) is 6.42 Å². The number of carboxylic acid groups (broad SMARTS) is 1. The summed E-state index contributed by atoms with van der Waals surface area (Å²) in [5, 5.41) is 25.5. The van der Waals surface area contributed by atoms with E-state index >= 15 is 0 Å². The first-order valence-corrected chi connectivity index (χ1v) is 17.5. The summed E-state index contributed by atoms with van der Waals surface area (Å²) in [6.45, 7) is 7.75. The molecule has 1 fully saturated rings. The van der Waals surface area contributed by atoms with E-state index in [4.69, 9.17) is 9.47 Å². The van der Waals surface area contributed by atoms with E-state index in [9.17, 15) is 24.6 Å². The molecule has 1 aliphatic carbocycles. The Balaban J connectivity index is 1.55. The third kappa shape index (κ3) is 10.9. The molecule has 2 aromatic rings. The summed E-state index contributed by atoms with van der Waals surface area (Å²) >= 11 is 0. The van der Waals surface area contributed by atoms with Crippen molar-refractivity contribution in [2.75, 3.05) is 38.7 Å². The Morgan fingerprint density at radius 3 is 2.42 bits per heavy atom. The Hall–Kier alpha value is -3.67. The highest BCUT2D eigenvalue weighted by molar-refractivity contribution is 5.99. The number of nitrogens with one attached hydrogen (secondary N) is 2. The van der Waals surface area contributed by atoms with Gasteiger partial charge in [-0.3, -0.25) is 9.69 Å². The van der Waals surface area contributed by atoms with E-state index in [-0.39, 0.29) is 48.3 Å². The number of urea groups is 1. The molecule has 4 N–H and O–H groups in total. The number of likely N-dealkylation sites (N-methyl/N-ethyl adjacent to an activating group) is 1. The van der Waals surface area contributed by atoms with Gasteiger partial charge in [-0.05, 0) is 88.9 Å². The van der Waals surface area contributed by atoms with E-state index in [0.717, 1.165) is 50.5 Å². The Kier molecular flexibility index (Phi) is 14.1. The van der Waals surface area contributed by atoms with Crippen molar-refractivity contribution in [3.8, 4) is 5.75 Å². The minimum absolute atomic E-state index is 0.0893. The smallest absolute Gasteiger partial charge is 0.335 e. The van der Waals surface area contributed by atoms with Gasteiger partial charge in [0.05, 0.1) is 36.0 Å². The first-order chi connectivity index (χ1) is 23.0. The van der Waals surface area contributed by atoms with E-state index in [1.807, 2.05) is 33.0 Å². The Bertz CT molecular complexity index is 1350. The number of hydrogen-bond donors (Lipinski definition) is 4. The zero-order chi connectivity index (χ0) is 34.6. The van der Waals surface area contributed by atoms with Crippen molar-refractivity contribution in [2.45, 2.75) is 103 Å². The number of aliphatic hydroxyl groups is 1. The fourth-order valence-corrected chi connectivity index (χ4v) is 6.50. The topological polar surface area (TPSA) is 141 Å². The second kappa shape index (κ2) is 18.2. The van der Waals surface area contributed by atoms with E-state index in [0.29, 0.717) is 43.2 Å². The van der Waals surface area contributed by atoms with Crippen molar-refractivity contribution < 1.29 is 34.1 Å². The normalized spacial score (nSPS) is 22.2. The molecule has 48 heavy (non-hydrogen) atoms. The maximum Gasteiger partial charge on any atom is 0.335 e. The standard InChI is InChI=1S/C37H54N4O7/c1-25-21-41(26(2)24-42)35(43)32-20-31(39-37(46)38-30-11-6-5-7-12-30)17-18-33(32)48-27(3)10-8-9-19-47-34(25)23-40(4)22-28-13-15-29(16-14-28)36(44)45/h13-18,20,25-27,30,34,42H,5-12,19,21-24H2,1-4H3,(H,44,45)(H2,38,39,46)/t25-,26-,27-,34+/m0/s1. The minimum Gasteiger partial charge on any atom is -0.490 e. The zero-order valence-corrected chi connectivity index (χ0v) is 29.0. The van der Waals surface area contributed by atoms with Gasteiger partial charge in [0.1, 0.15) is 5.75 Å². The van der Waals surface area contributed by atoms with Crippen LogP contribution in [-0.4, -0.2) is 95.6 Å². The molecule has 11 nitrogen and oxygen atoms in total. The van der Waals surface area contributed by atoms with Crippen LogP contribution in [0.15, 0.2) is 42.5 Å². The largest absolute Gasteiger partial charge is 0.490 e. The number of hydrogen-bond acceptors (Lipinski definition) is 7. The number of aromatic carboxylic acids is 1. The van der Waals surface area contributed by atoms with Crippen LogP contribution in [0.5, 0.6) is 5.75 Å². The molecule has 0 aromatic heterocycles. The van der Waals surface area contributed by atoms with Crippen LogP contribution >= 0.6 is 0 Å². The second-order valence-corrected chi connectivity index (χ2v) is 13.6. The summed E-state index contributed by atoms with van der Waals surface area (Å²) in [6.07, 6.45) is 7.52. The molecule has 1 saturated carbocycles. The molecule has 2 aliphatic rings. The van der Waals surface area contributed by atoms with Crippen LogP contribution in [0.4, 0.5) is 10.5 Å². The summed E-state index contributed by atoms with van der Waals surface area (Å²) in [7, 11) is 2.00. The molecule has 264 valence electrons. The second-order valence-electron chi connectivity index (χ2n) is 13.6. The van der Waals surface area contributed by atoms with Crippen LogP contribution in [0.25, 0.3) is 0 Å². The lowest BCUT2D eigenvalue weighted by Crippen LogP contribution is -2.47. The predicted molar refractivity (Wildman–Crippen MR) is 186 cm³/mol. The maximum atomic E-state index is 14.4. The molecule has 0 spiro atoms. The van der Waals surface area contributed by atoms with Crippen molar-refractivity contribution in [1.82, 2.24) is 15.1 Å². The molecule has 1 heterocycles. The lowest BCUT2D eigenvalue weighted by Gasteiger charge is -2.36. The van der Waals surface area contributed by atoms with Gasteiger partial charge in [-0.25, -0.2) is 9.59 Å². The molecule has 3 amide bonds. The molecule has 4 rings (SSSR count). The van der Waals surface area contributed by atoms with Gasteiger partial charge in [-0.2, -0.15) is 0 Å². The minimum atomic E-state index is -0.954. The number of anilines is 1. The van der Waals surface area contributed by atoms with Crippen LogP contribution in [0.2, 0.25) is 0 Å². The molecule has 4 atom stereocenters. The Labute approximate surface area is 285 Å². The summed E-state index contributed by atoms with van der Waals surface area (Å²) in [6, 6.07) is 11.4. The van der Waals surface area contributed by atoms with Gasteiger partial charge in [-0.15, -0.1) is 0 Å². The highest BCUT2D eigenvalue weighted by atomic mass is 16.5. The molecule has 1 aliphatic heterocycles. The first kappa shape index (κ1) is 37.2. The molecule has 0 saturated heterocycles. The lowest BCUT2D eigenvalue weighted by atomic mass is 9.96. The molecular formula is C37H54N4O7. The molecule has 2 aromatic carbocycles. The van der Waals surface area contributed by atoms with Crippen LogP contribution < -0.4 is 15.4 Å². The number of nitrogens with zero attached hydrogens (tertiary/aromatic N) is 2. The van der Waals surface area contributed by atoms with Crippen LogP contribution in [-0.2, 0) is 11.3 Å². The average molecular weight is 667 g/mol. The van der Waals surface area contributed by atoms with Crippen molar-refractivity contribution in [1.29, 1.82) is 0 Å². The number of ether oxygens (including phenoxy) is 2. The number of fused-ring (bicyclic) bond motifs is 1. The summed E-state index contributed by atoms with van der Waals surface area (Å²) in [4.78, 5) is 42.3. The van der Waals surface area contributed by atoms with Crippen LogP contribution in [0.1, 0.15) is 98.4 Å². The van der Waals surface area contributed by atoms with Crippen molar-refractivity contribution in [2.24, 2.45) is 5.92 Å². The monoisotopic (exact) mass is 666 g/mol. The fraction of sp³-hybridized carbons (Fsp3) is 0.595. The van der Waals surface area contributed by atoms with Gasteiger partial charge in [0, 0.05) is 43.9 Å². The SMILES string of the molecule is C[C@H]1CCCCO[C@H](CN(C)Cc2ccc(C(=O)O)cc2)[C@@H](C)CN([C@@H](C)CO)C(=O)c2cc(NC(=O)NC3CCCCC3)ccc2O1.